The Bertz CT molecular complexity index is 326. The first-order chi connectivity index (χ1) is 8.08. The van der Waals surface area contributed by atoms with Gasteiger partial charge in [-0.2, -0.15) is 0 Å². The summed E-state index contributed by atoms with van der Waals surface area (Å²) in [4.78, 5) is 0. The molecule has 0 saturated carbocycles. The third-order valence-electron chi connectivity index (χ3n) is 2.71. The number of aliphatic hydroxyl groups is 1. The normalized spacial score (nSPS) is 14.6. The lowest BCUT2D eigenvalue weighted by atomic mass is 9.99. The highest BCUT2D eigenvalue weighted by Gasteiger charge is 2.21. The molecule has 2 unspecified atom stereocenters. The molecule has 0 bridgehead atoms. The van der Waals surface area contributed by atoms with Crippen molar-refractivity contribution in [2.75, 3.05) is 6.61 Å². The summed E-state index contributed by atoms with van der Waals surface area (Å²) in [5.41, 5.74) is 1.40. The Labute approximate surface area is 102 Å². The van der Waals surface area contributed by atoms with E-state index in [0.29, 0.717) is 12.2 Å². The molecule has 0 fully saturated rings. The molecule has 1 N–H and O–H groups in total. The molecule has 2 atom stereocenters. The third-order valence-corrected chi connectivity index (χ3v) is 2.71. The summed E-state index contributed by atoms with van der Waals surface area (Å²) in [7, 11) is 0. The maximum absolute atomic E-state index is 13.3. The van der Waals surface area contributed by atoms with Crippen LogP contribution in [0, 0.1) is 12.7 Å². The van der Waals surface area contributed by atoms with Crippen LogP contribution >= 0.6 is 0 Å². The van der Waals surface area contributed by atoms with Crippen LogP contribution in [0.3, 0.4) is 0 Å². The minimum Gasteiger partial charge on any atom is -0.386 e. The zero-order chi connectivity index (χ0) is 12.8. The Kier molecular flexibility index (Phi) is 5.59. The van der Waals surface area contributed by atoms with E-state index in [-0.39, 0.29) is 11.9 Å². The quantitative estimate of drug-likeness (QED) is 0.826. The van der Waals surface area contributed by atoms with Gasteiger partial charge in [-0.1, -0.05) is 19.4 Å². The predicted octanol–water partition coefficient (Wildman–Crippen LogP) is 3.37. The number of hydrogen-bond donors (Lipinski definition) is 1. The number of aryl methyl sites for hydroxylation is 1. The number of aliphatic hydroxyl groups excluding tert-OH is 1. The van der Waals surface area contributed by atoms with Crippen LogP contribution in [0.1, 0.15) is 43.9 Å². The Balaban J connectivity index is 2.87. The maximum atomic E-state index is 13.3. The van der Waals surface area contributed by atoms with Crippen molar-refractivity contribution in [3.05, 3.63) is 35.1 Å². The molecule has 96 valence electrons. The van der Waals surface area contributed by atoms with Gasteiger partial charge in [-0.05, 0) is 43.5 Å². The van der Waals surface area contributed by atoms with E-state index in [1.807, 2.05) is 20.8 Å². The fraction of sp³-hybridized carbons (Fsp3) is 0.571. The molecule has 0 aliphatic heterocycles. The summed E-state index contributed by atoms with van der Waals surface area (Å²) in [6.45, 7) is 6.30. The van der Waals surface area contributed by atoms with E-state index in [4.69, 9.17) is 4.74 Å². The molecule has 0 radical (unpaired) electrons. The lowest BCUT2D eigenvalue weighted by molar-refractivity contribution is -0.0385. The van der Waals surface area contributed by atoms with Crippen LogP contribution < -0.4 is 0 Å². The second-order valence-corrected chi connectivity index (χ2v) is 4.29. The average Bonchev–Trinajstić information content (AvgIpc) is 2.26. The number of hydrogen-bond acceptors (Lipinski definition) is 2. The monoisotopic (exact) mass is 240 g/mol. The fourth-order valence-corrected chi connectivity index (χ4v) is 1.98. The molecule has 0 amide bonds. The highest BCUT2D eigenvalue weighted by atomic mass is 19.1. The standard InChI is InChI=1S/C14H21FO2/c1-4-6-13(17-5-2)14(16)11-7-10(3)8-12(15)9-11/h7-9,13-14,16H,4-6H2,1-3H3. The zero-order valence-corrected chi connectivity index (χ0v) is 10.7. The van der Waals surface area contributed by atoms with Crippen molar-refractivity contribution in [3.8, 4) is 0 Å². The molecule has 3 heteroatoms. The number of rotatable bonds is 6. The van der Waals surface area contributed by atoms with Crippen LogP contribution in [0.2, 0.25) is 0 Å². The van der Waals surface area contributed by atoms with Crippen molar-refractivity contribution in [2.45, 2.75) is 45.8 Å². The average molecular weight is 240 g/mol. The van der Waals surface area contributed by atoms with E-state index >= 15 is 0 Å². The molecule has 17 heavy (non-hydrogen) atoms. The fourth-order valence-electron chi connectivity index (χ4n) is 1.98. The molecule has 0 saturated heterocycles. The Morgan fingerprint density at radius 2 is 2.00 bits per heavy atom. The van der Waals surface area contributed by atoms with E-state index in [9.17, 15) is 9.50 Å². The van der Waals surface area contributed by atoms with E-state index < -0.39 is 6.10 Å². The smallest absolute Gasteiger partial charge is 0.123 e. The Morgan fingerprint density at radius 1 is 1.29 bits per heavy atom. The van der Waals surface area contributed by atoms with Crippen LogP contribution in [0.5, 0.6) is 0 Å². The van der Waals surface area contributed by atoms with Crippen LogP contribution in [0.15, 0.2) is 18.2 Å². The molecule has 1 aromatic carbocycles. The molecule has 0 heterocycles. The van der Waals surface area contributed by atoms with Gasteiger partial charge >= 0.3 is 0 Å². The molecule has 1 rings (SSSR count). The van der Waals surface area contributed by atoms with E-state index in [1.165, 1.54) is 12.1 Å². The first-order valence-electron chi connectivity index (χ1n) is 6.15. The highest BCUT2D eigenvalue weighted by Crippen LogP contribution is 2.24. The molecule has 1 aromatic rings. The number of halogens is 1. The minimum atomic E-state index is -0.760. The van der Waals surface area contributed by atoms with Gasteiger partial charge in [0.2, 0.25) is 0 Å². The number of ether oxygens (including phenoxy) is 1. The second-order valence-electron chi connectivity index (χ2n) is 4.29. The van der Waals surface area contributed by atoms with Gasteiger partial charge in [0.15, 0.2) is 0 Å². The molecule has 2 nitrogen and oxygen atoms in total. The summed E-state index contributed by atoms with van der Waals surface area (Å²) in [6, 6.07) is 4.63. The summed E-state index contributed by atoms with van der Waals surface area (Å²) >= 11 is 0. The third kappa shape index (κ3) is 4.10. The van der Waals surface area contributed by atoms with Gasteiger partial charge in [-0.15, -0.1) is 0 Å². The molecule has 0 aliphatic carbocycles. The van der Waals surface area contributed by atoms with Gasteiger partial charge in [0, 0.05) is 6.61 Å². The Hall–Kier alpha value is -0.930. The van der Waals surface area contributed by atoms with Crippen molar-refractivity contribution < 1.29 is 14.2 Å². The van der Waals surface area contributed by atoms with Crippen molar-refractivity contribution >= 4 is 0 Å². The SMILES string of the molecule is CCCC(OCC)C(O)c1cc(C)cc(F)c1. The summed E-state index contributed by atoms with van der Waals surface area (Å²) in [6.07, 6.45) is 0.677. The lowest BCUT2D eigenvalue weighted by Gasteiger charge is -2.23. The first-order valence-corrected chi connectivity index (χ1v) is 6.15. The Morgan fingerprint density at radius 3 is 2.53 bits per heavy atom. The molecule has 0 aliphatic rings. The van der Waals surface area contributed by atoms with Crippen LogP contribution in [-0.4, -0.2) is 17.8 Å². The van der Waals surface area contributed by atoms with Crippen molar-refractivity contribution in [2.24, 2.45) is 0 Å². The van der Waals surface area contributed by atoms with Gasteiger partial charge in [-0.3, -0.25) is 0 Å². The summed E-state index contributed by atoms with van der Waals surface area (Å²) in [5.74, 6) is -0.314. The molecular formula is C14H21FO2. The van der Waals surface area contributed by atoms with Gasteiger partial charge < -0.3 is 9.84 Å². The predicted molar refractivity (Wildman–Crippen MR) is 66.4 cm³/mol. The molecule has 0 spiro atoms. The highest BCUT2D eigenvalue weighted by molar-refractivity contribution is 5.26. The van der Waals surface area contributed by atoms with Gasteiger partial charge in [0.1, 0.15) is 11.9 Å². The van der Waals surface area contributed by atoms with E-state index in [0.717, 1.165) is 18.4 Å². The first kappa shape index (κ1) is 14.1. The van der Waals surface area contributed by atoms with E-state index in [1.54, 1.807) is 6.07 Å². The van der Waals surface area contributed by atoms with Crippen molar-refractivity contribution in [3.63, 3.8) is 0 Å². The summed E-state index contributed by atoms with van der Waals surface area (Å²) in [5, 5.41) is 10.2. The van der Waals surface area contributed by atoms with Crippen LogP contribution in [0.25, 0.3) is 0 Å². The van der Waals surface area contributed by atoms with Gasteiger partial charge in [-0.25, -0.2) is 4.39 Å². The summed E-state index contributed by atoms with van der Waals surface area (Å²) < 4.78 is 18.8. The zero-order valence-electron chi connectivity index (χ0n) is 10.7. The topological polar surface area (TPSA) is 29.5 Å². The maximum Gasteiger partial charge on any atom is 0.123 e. The van der Waals surface area contributed by atoms with Gasteiger partial charge in [0.05, 0.1) is 6.10 Å². The lowest BCUT2D eigenvalue weighted by Crippen LogP contribution is -2.22. The van der Waals surface area contributed by atoms with Crippen LogP contribution in [-0.2, 0) is 4.74 Å². The minimum absolute atomic E-state index is 0.258. The van der Waals surface area contributed by atoms with Gasteiger partial charge in [0.25, 0.3) is 0 Å². The van der Waals surface area contributed by atoms with Crippen molar-refractivity contribution in [1.82, 2.24) is 0 Å². The molecular weight excluding hydrogens is 219 g/mol. The number of benzene rings is 1. The van der Waals surface area contributed by atoms with E-state index in [2.05, 4.69) is 0 Å². The van der Waals surface area contributed by atoms with Crippen molar-refractivity contribution in [1.29, 1.82) is 0 Å². The molecule has 0 aromatic heterocycles. The van der Waals surface area contributed by atoms with Crippen LogP contribution in [0.4, 0.5) is 4.39 Å². The largest absolute Gasteiger partial charge is 0.386 e. The second kappa shape index (κ2) is 6.72.